The van der Waals surface area contributed by atoms with Crippen LogP contribution in [0.25, 0.3) is 0 Å². The van der Waals surface area contributed by atoms with Gasteiger partial charge in [-0.25, -0.2) is 0 Å². The normalized spacial score (nSPS) is 13.4. The van der Waals surface area contributed by atoms with Crippen LogP contribution in [0.2, 0.25) is 0 Å². The Morgan fingerprint density at radius 3 is 2.25 bits per heavy atom. The number of nitrogens with one attached hydrogen (secondary N) is 1. The summed E-state index contributed by atoms with van der Waals surface area (Å²) in [5, 5.41) is 3.62. The molecule has 0 aliphatic heterocycles. The standard InChI is InChI=1S/C14H24N2/c1-12(2)15-14(11-16(3)4)10-13-8-6-5-7-9-13/h5-9,12,14-15H,10-11H2,1-4H3/t14-/m1/s1. The van der Waals surface area contributed by atoms with Crippen LogP contribution in [-0.2, 0) is 6.42 Å². The Morgan fingerprint density at radius 1 is 1.12 bits per heavy atom. The summed E-state index contributed by atoms with van der Waals surface area (Å²) in [4.78, 5) is 2.24. The highest BCUT2D eigenvalue weighted by atomic mass is 15.1. The third-order valence-electron chi connectivity index (χ3n) is 2.48. The quantitative estimate of drug-likeness (QED) is 0.790. The monoisotopic (exact) mass is 220 g/mol. The SMILES string of the molecule is CC(C)N[C@H](Cc1ccccc1)CN(C)C. The number of rotatable bonds is 6. The van der Waals surface area contributed by atoms with Gasteiger partial charge in [-0.2, -0.15) is 0 Å². The highest BCUT2D eigenvalue weighted by Gasteiger charge is 2.11. The lowest BCUT2D eigenvalue weighted by Crippen LogP contribution is -2.43. The van der Waals surface area contributed by atoms with Crippen molar-refractivity contribution in [2.24, 2.45) is 0 Å². The van der Waals surface area contributed by atoms with Crippen molar-refractivity contribution >= 4 is 0 Å². The van der Waals surface area contributed by atoms with Crippen LogP contribution in [0, 0.1) is 0 Å². The van der Waals surface area contributed by atoms with Gasteiger partial charge in [0.15, 0.2) is 0 Å². The molecule has 1 N–H and O–H groups in total. The molecule has 0 aliphatic rings. The van der Waals surface area contributed by atoms with E-state index in [1.807, 2.05) is 0 Å². The number of hydrogen-bond acceptors (Lipinski definition) is 2. The molecule has 0 saturated carbocycles. The van der Waals surface area contributed by atoms with E-state index >= 15 is 0 Å². The second-order valence-corrected chi connectivity index (χ2v) is 4.97. The lowest BCUT2D eigenvalue weighted by Gasteiger charge is -2.24. The van der Waals surface area contributed by atoms with Gasteiger partial charge in [-0.1, -0.05) is 44.2 Å². The molecule has 0 amide bonds. The van der Waals surface area contributed by atoms with Crippen LogP contribution < -0.4 is 5.32 Å². The Kier molecular flexibility index (Phi) is 5.50. The number of hydrogen-bond donors (Lipinski definition) is 1. The Balaban J connectivity index is 2.56. The molecule has 0 radical (unpaired) electrons. The van der Waals surface area contributed by atoms with Crippen molar-refractivity contribution in [2.45, 2.75) is 32.4 Å². The van der Waals surface area contributed by atoms with Crippen LogP contribution in [0.5, 0.6) is 0 Å². The summed E-state index contributed by atoms with van der Waals surface area (Å²) < 4.78 is 0. The van der Waals surface area contributed by atoms with Crippen molar-refractivity contribution in [1.82, 2.24) is 10.2 Å². The molecule has 0 saturated heterocycles. The van der Waals surface area contributed by atoms with Crippen LogP contribution in [0.1, 0.15) is 19.4 Å². The van der Waals surface area contributed by atoms with E-state index in [4.69, 9.17) is 0 Å². The fourth-order valence-electron chi connectivity index (χ4n) is 1.99. The molecule has 0 unspecified atom stereocenters. The van der Waals surface area contributed by atoms with Gasteiger partial charge < -0.3 is 10.2 Å². The molecular weight excluding hydrogens is 196 g/mol. The van der Waals surface area contributed by atoms with E-state index in [0.29, 0.717) is 12.1 Å². The van der Waals surface area contributed by atoms with E-state index in [2.05, 4.69) is 68.5 Å². The molecule has 0 bridgehead atoms. The van der Waals surface area contributed by atoms with Crippen LogP contribution in [0.15, 0.2) is 30.3 Å². The summed E-state index contributed by atoms with van der Waals surface area (Å²) >= 11 is 0. The summed E-state index contributed by atoms with van der Waals surface area (Å²) in [5.41, 5.74) is 1.41. The first-order valence-corrected chi connectivity index (χ1v) is 6.02. The third kappa shape index (κ3) is 5.29. The zero-order valence-corrected chi connectivity index (χ0v) is 10.9. The molecule has 1 aromatic rings. The molecule has 1 atom stereocenters. The zero-order valence-electron chi connectivity index (χ0n) is 10.9. The van der Waals surface area contributed by atoms with E-state index in [0.717, 1.165) is 13.0 Å². The molecule has 0 heterocycles. The van der Waals surface area contributed by atoms with Crippen LogP contribution >= 0.6 is 0 Å². The number of likely N-dealkylation sites (N-methyl/N-ethyl adjacent to an activating group) is 1. The van der Waals surface area contributed by atoms with Gasteiger partial charge in [0.25, 0.3) is 0 Å². The highest BCUT2D eigenvalue weighted by Crippen LogP contribution is 2.04. The Labute approximate surface area is 99.7 Å². The molecule has 0 aliphatic carbocycles. The highest BCUT2D eigenvalue weighted by molar-refractivity contribution is 5.16. The molecule has 1 aromatic carbocycles. The van der Waals surface area contributed by atoms with E-state index in [-0.39, 0.29) is 0 Å². The summed E-state index contributed by atoms with van der Waals surface area (Å²) in [5.74, 6) is 0. The van der Waals surface area contributed by atoms with Gasteiger partial charge in [-0.15, -0.1) is 0 Å². The number of nitrogens with zero attached hydrogens (tertiary/aromatic N) is 1. The van der Waals surface area contributed by atoms with E-state index in [9.17, 15) is 0 Å². The topological polar surface area (TPSA) is 15.3 Å². The minimum absolute atomic E-state index is 0.525. The first-order chi connectivity index (χ1) is 7.58. The van der Waals surface area contributed by atoms with Crippen molar-refractivity contribution in [1.29, 1.82) is 0 Å². The van der Waals surface area contributed by atoms with Gasteiger partial charge in [0.05, 0.1) is 0 Å². The lowest BCUT2D eigenvalue weighted by atomic mass is 10.0. The van der Waals surface area contributed by atoms with Crippen molar-refractivity contribution in [3.8, 4) is 0 Å². The number of benzene rings is 1. The van der Waals surface area contributed by atoms with E-state index in [1.54, 1.807) is 0 Å². The molecule has 1 rings (SSSR count). The molecule has 2 nitrogen and oxygen atoms in total. The first-order valence-electron chi connectivity index (χ1n) is 6.02. The van der Waals surface area contributed by atoms with Crippen molar-refractivity contribution in [2.75, 3.05) is 20.6 Å². The van der Waals surface area contributed by atoms with Gasteiger partial charge in [0.1, 0.15) is 0 Å². The minimum atomic E-state index is 0.525. The summed E-state index contributed by atoms with van der Waals surface area (Å²) in [6, 6.07) is 11.7. The predicted molar refractivity (Wildman–Crippen MR) is 70.8 cm³/mol. The molecule has 2 heteroatoms. The van der Waals surface area contributed by atoms with Gasteiger partial charge >= 0.3 is 0 Å². The lowest BCUT2D eigenvalue weighted by molar-refractivity contribution is 0.323. The van der Waals surface area contributed by atoms with Crippen LogP contribution in [-0.4, -0.2) is 37.6 Å². The maximum Gasteiger partial charge on any atom is 0.0237 e. The Morgan fingerprint density at radius 2 is 1.75 bits per heavy atom. The summed E-state index contributed by atoms with van der Waals surface area (Å²) in [6.45, 7) is 5.48. The van der Waals surface area contributed by atoms with Crippen LogP contribution in [0.3, 0.4) is 0 Å². The Hall–Kier alpha value is -0.860. The van der Waals surface area contributed by atoms with Crippen LogP contribution in [0.4, 0.5) is 0 Å². The molecule has 90 valence electrons. The average molecular weight is 220 g/mol. The van der Waals surface area contributed by atoms with Gasteiger partial charge in [-0.05, 0) is 26.1 Å². The largest absolute Gasteiger partial charge is 0.310 e. The molecule has 16 heavy (non-hydrogen) atoms. The maximum absolute atomic E-state index is 3.62. The maximum atomic E-state index is 3.62. The fourth-order valence-corrected chi connectivity index (χ4v) is 1.99. The molecule has 0 spiro atoms. The smallest absolute Gasteiger partial charge is 0.0237 e. The van der Waals surface area contributed by atoms with Crippen molar-refractivity contribution in [3.63, 3.8) is 0 Å². The van der Waals surface area contributed by atoms with Crippen molar-refractivity contribution in [3.05, 3.63) is 35.9 Å². The second kappa shape index (κ2) is 6.66. The van der Waals surface area contributed by atoms with Gasteiger partial charge in [0.2, 0.25) is 0 Å². The zero-order chi connectivity index (χ0) is 12.0. The fraction of sp³-hybridized carbons (Fsp3) is 0.571. The predicted octanol–water partition coefficient (Wildman–Crippen LogP) is 2.16. The third-order valence-corrected chi connectivity index (χ3v) is 2.48. The van der Waals surface area contributed by atoms with E-state index in [1.165, 1.54) is 5.56 Å². The molecule has 0 fully saturated rings. The minimum Gasteiger partial charge on any atom is -0.310 e. The molecular formula is C14H24N2. The van der Waals surface area contributed by atoms with Crippen molar-refractivity contribution < 1.29 is 0 Å². The summed E-state index contributed by atoms with van der Waals surface area (Å²) in [7, 11) is 4.25. The van der Waals surface area contributed by atoms with Gasteiger partial charge in [-0.3, -0.25) is 0 Å². The van der Waals surface area contributed by atoms with E-state index < -0.39 is 0 Å². The average Bonchev–Trinajstić information content (AvgIpc) is 2.16. The van der Waals surface area contributed by atoms with Gasteiger partial charge in [0, 0.05) is 18.6 Å². The Bertz CT molecular complexity index is 270. The first kappa shape index (κ1) is 13.2. The second-order valence-electron chi connectivity index (χ2n) is 4.97. The molecule has 0 aromatic heterocycles. The summed E-state index contributed by atoms with van der Waals surface area (Å²) in [6.07, 6.45) is 1.09.